The van der Waals surface area contributed by atoms with E-state index in [-0.39, 0.29) is 0 Å². The molecule has 0 bridgehead atoms. The van der Waals surface area contributed by atoms with E-state index < -0.39 is 134 Å². The Morgan fingerprint density at radius 1 is 0.259 bits per heavy atom. The standard InChI is InChI=1S/C34H50O20/c1-15(2)25(35)47-19(7)29(39)51-23(11)33(43)53-21(9)31(41)49-17(5)27(37)45-13-14-46-28(38)18(6)50-32(42)22(10)54-34(44)24(12)52-30(40)20(8)48-26(36)16(3)4/h15-24H,13-14H2,1-12H3. The van der Waals surface area contributed by atoms with Crippen molar-refractivity contribution in [3.63, 3.8) is 0 Å². The monoisotopic (exact) mass is 778 g/mol. The Morgan fingerprint density at radius 2 is 0.407 bits per heavy atom. The molecule has 0 aromatic rings. The molecule has 0 aliphatic carbocycles. The number of ether oxygens (including phenoxy) is 10. The maximum absolute atomic E-state index is 12.3. The summed E-state index contributed by atoms with van der Waals surface area (Å²) < 4.78 is 49.0. The van der Waals surface area contributed by atoms with Gasteiger partial charge in [-0.2, -0.15) is 0 Å². The third-order valence-electron chi connectivity index (χ3n) is 6.51. The summed E-state index contributed by atoms with van der Waals surface area (Å²) in [4.78, 5) is 121. The number of carbonyl (C=O) groups is 10. The first kappa shape index (κ1) is 48.7. The zero-order chi connectivity index (χ0) is 42.0. The molecule has 20 heteroatoms. The lowest BCUT2D eigenvalue weighted by Gasteiger charge is -2.20. The normalized spacial score (nSPS) is 15.3. The Balaban J connectivity index is 4.62. The molecule has 0 aromatic carbocycles. The van der Waals surface area contributed by atoms with Crippen molar-refractivity contribution >= 4 is 59.7 Å². The fourth-order valence-electron chi connectivity index (χ4n) is 3.15. The van der Waals surface area contributed by atoms with Gasteiger partial charge in [0.05, 0.1) is 11.8 Å². The highest BCUT2D eigenvalue weighted by atomic mass is 16.7. The summed E-state index contributed by atoms with van der Waals surface area (Å²) in [6.07, 6.45) is -11.7. The van der Waals surface area contributed by atoms with E-state index >= 15 is 0 Å². The molecule has 8 atom stereocenters. The van der Waals surface area contributed by atoms with Crippen LogP contribution in [0, 0.1) is 11.8 Å². The molecule has 0 heterocycles. The van der Waals surface area contributed by atoms with Crippen molar-refractivity contribution in [3.05, 3.63) is 0 Å². The maximum Gasteiger partial charge on any atom is 0.347 e. The number of rotatable bonds is 21. The van der Waals surface area contributed by atoms with Gasteiger partial charge < -0.3 is 47.4 Å². The van der Waals surface area contributed by atoms with Crippen LogP contribution >= 0.6 is 0 Å². The van der Waals surface area contributed by atoms with Crippen LogP contribution in [0.4, 0.5) is 0 Å². The van der Waals surface area contributed by atoms with Crippen LogP contribution in [0.25, 0.3) is 0 Å². The highest BCUT2D eigenvalue weighted by Gasteiger charge is 2.32. The van der Waals surface area contributed by atoms with Crippen molar-refractivity contribution in [2.75, 3.05) is 13.2 Å². The van der Waals surface area contributed by atoms with Crippen molar-refractivity contribution in [1.82, 2.24) is 0 Å². The van der Waals surface area contributed by atoms with Crippen LogP contribution in [0.1, 0.15) is 83.1 Å². The zero-order valence-electron chi connectivity index (χ0n) is 32.4. The van der Waals surface area contributed by atoms with Gasteiger partial charge >= 0.3 is 59.7 Å². The van der Waals surface area contributed by atoms with E-state index in [0.29, 0.717) is 0 Å². The topological polar surface area (TPSA) is 263 Å². The first-order valence-electron chi connectivity index (χ1n) is 16.9. The van der Waals surface area contributed by atoms with Crippen molar-refractivity contribution in [2.24, 2.45) is 11.8 Å². The van der Waals surface area contributed by atoms with E-state index in [4.69, 9.17) is 47.4 Å². The Hall–Kier alpha value is -5.30. The molecule has 0 amide bonds. The van der Waals surface area contributed by atoms with Crippen LogP contribution in [0.15, 0.2) is 0 Å². The second-order valence-corrected chi connectivity index (χ2v) is 12.3. The fraction of sp³-hybridized carbons (Fsp3) is 0.706. The van der Waals surface area contributed by atoms with Crippen LogP contribution in [-0.2, 0) is 95.3 Å². The van der Waals surface area contributed by atoms with Crippen LogP contribution < -0.4 is 0 Å². The quantitative estimate of drug-likeness (QED) is 0.0887. The van der Waals surface area contributed by atoms with Gasteiger partial charge in [-0.05, 0) is 55.4 Å². The molecule has 0 aliphatic rings. The molecule has 0 saturated carbocycles. The lowest BCUT2D eigenvalue weighted by Crippen LogP contribution is -2.38. The summed E-state index contributed by atoms with van der Waals surface area (Å²) in [5, 5.41) is 0. The zero-order valence-corrected chi connectivity index (χ0v) is 32.4. The Kier molecular flexibility index (Phi) is 21.1. The van der Waals surface area contributed by atoms with Gasteiger partial charge in [-0.1, -0.05) is 27.7 Å². The first-order valence-corrected chi connectivity index (χ1v) is 16.9. The molecule has 0 aromatic heterocycles. The first-order chi connectivity index (χ1) is 24.9. The minimum Gasteiger partial charge on any atom is -0.459 e. The summed E-state index contributed by atoms with van der Waals surface area (Å²) in [5.41, 5.74) is 0. The van der Waals surface area contributed by atoms with Crippen LogP contribution in [0.3, 0.4) is 0 Å². The van der Waals surface area contributed by atoms with E-state index in [1.54, 1.807) is 27.7 Å². The van der Waals surface area contributed by atoms with Gasteiger partial charge in [-0.3, -0.25) is 9.59 Å². The van der Waals surface area contributed by atoms with Gasteiger partial charge in [0, 0.05) is 0 Å². The van der Waals surface area contributed by atoms with Gasteiger partial charge in [-0.15, -0.1) is 0 Å². The second kappa shape index (κ2) is 23.4. The third kappa shape index (κ3) is 18.0. The Morgan fingerprint density at radius 3 is 0.574 bits per heavy atom. The molecule has 20 nitrogen and oxygen atoms in total. The van der Waals surface area contributed by atoms with Crippen molar-refractivity contribution in [1.29, 1.82) is 0 Å². The number of hydrogen-bond acceptors (Lipinski definition) is 20. The van der Waals surface area contributed by atoms with Gasteiger partial charge in [0.2, 0.25) is 0 Å². The van der Waals surface area contributed by atoms with Crippen molar-refractivity contribution in [3.8, 4) is 0 Å². The molecule has 0 spiro atoms. The number of hydrogen-bond donors (Lipinski definition) is 0. The molecule has 0 fully saturated rings. The van der Waals surface area contributed by atoms with E-state index in [0.717, 1.165) is 41.5 Å². The van der Waals surface area contributed by atoms with Gasteiger partial charge in [0.1, 0.15) is 13.2 Å². The molecule has 306 valence electrons. The molecular formula is C34H50O20. The molecule has 0 radical (unpaired) electrons. The van der Waals surface area contributed by atoms with E-state index in [1.807, 2.05) is 0 Å². The summed E-state index contributed by atoms with van der Waals surface area (Å²) >= 11 is 0. The van der Waals surface area contributed by atoms with E-state index in [2.05, 4.69) is 0 Å². The maximum atomic E-state index is 12.3. The van der Waals surface area contributed by atoms with E-state index in [9.17, 15) is 47.9 Å². The molecule has 0 saturated heterocycles. The molecule has 0 N–H and O–H groups in total. The Labute approximate surface area is 312 Å². The second-order valence-electron chi connectivity index (χ2n) is 12.3. The minimum absolute atomic E-state index is 0.502. The van der Waals surface area contributed by atoms with Crippen molar-refractivity contribution < 1.29 is 95.3 Å². The largest absolute Gasteiger partial charge is 0.459 e. The van der Waals surface area contributed by atoms with Crippen LogP contribution in [-0.4, -0.2) is 122 Å². The van der Waals surface area contributed by atoms with Gasteiger partial charge in [-0.25, -0.2) is 38.4 Å². The molecule has 0 rings (SSSR count). The highest BCUT2D eigenvalue weighted by molar-refractivity contribution is 5.87. The predicted octanol–water partition coefficient (Wildman–Crippen LogP) is 0.838. The smallest absolute Gasteiger partial charge is 0.347 e. The van der Waals surface area contributed by atoms with Gasteiger partial charge in [0.15, 0.2) is 48.8 Å². The fourth-order valence-corrected chi connectivity index (χ4v) is 3.15. The average molecular weight is 779 g/mol. The van der Waals surface area contributed by atoms with Gasteiger partial charge in [0.25, 0.3) is 0 Å². The summed E-state index contributed by atoms with van der Waals surface area (Å²) in [7, 11) is 0. The molecule has 8 unspecified atom stereocenters. The lowest BCUT2D eigenvalue weighted by molar-refractivity contribution is -0.186. The minimum atomic E-state index is -1.54. The molecule has 0 aliphatic heterocycles. The lowest BCUT2D eigenvalue weighted by atomic mass is 10.2. The summed E-state index contributed by atoms with van der Waals surface area (Å²) in [5.74, 6) is -11.1. The van der Waals surface area contributed by atoms with Crippen LogP contribution in [0.5, 0.6) is 0 Å². The van der Waals surface area contributed by atoms with Crippen molar-refractivity contribution in [2.45, 2.75) is 132 Å². The molecule has 54 heavy (non-hydrogen) atoms. The summed E-state index contributed by atoms with van der Waals surface area (Å²) in [6.45, 7) is 14.6. The summed E-state index contributed by atoms with van der Waals surface area (Å²) in [6, 6.07) is 0. The predicted molar refractivity (Wildman–Crippen MR) is 176 cm³/mol. The Bertz CT molecular complexity index is 1270. The SMILES string of the molecule is CC(C)C(=O)OC(C)C(=O)OC(C)C(=O)OC(C)C(=O)OC(C)C(=O)OCCOC(=O)C(C)OC(=O)C(C)OC(=O)C(C)OC(=O)C(C)OC(=O)C(C)C. The number of carbonyl (C=O) groups excluding carboxylic acids is 10. The molecular weight excluding hydrogens is 728 g/mol. The average Bonchev–Trinajstić information content (AvgIpc) is 3.08. The number of esters is 10. The van der Waals surface area contributed by atoms with E-state index in [1.165, 1.54) is 13.8 Å². The van der Waals surface area contributed by atoms with Crippen LogP contribution in [0.2, 0.25) is 0 Å². The third-order valence-corrected chi connectivity index (χ3v) is 6.51. The highest BCUT2D eigenvalue weighted by Crippen LogP contribution is 2.10.